The van der Waals surface area contributed by atoms with Crippen molar-refractivity contribution in [2.75, 3.05) is 31.9 Å². The van der Waals surface area contributed by atoms with Crippen LogP contribution in [0.3, 0.4) is 0 Å². The highest BCUT2D eigenvalue weighted by molar-refractivity contribution is 7.91. The van der Waals surface area contributed by atoms with E-state index in [2.05, 4.69) is 0 Å². The topological polar surface area (TPSA) is 74.8 Å². The maximum Gasteiger partial charge on any atom is 0.253 e. The Morgan fingerprint density at radius 2 is 1.56 bits per heavy atom. The number of sulfone groups is 1. The molecule has 0 unspecified atom stereocenters. The minimum absolute atomic E-state index is 0.0456. The van der Waals surface area contributed by atoms with Gasteiger partial charge in [0.1, 0.15) is 0 Å². The predicted molar refractivity (Wildman–Crippen MR) is 103 cm³/mol. The van der Waals surface area contributed by atoms with Crippen molar-refractivity contribution < 1.29 is 18.0 Å². The van der Waals surface area contributed by atoms with Crippen LogP contribution in [0.4, 0.5) is 0 Å². The van der Waals surface area contributed by atoms with Crippen LogP contribution in [0.2, 0.25) is 0 Å². The fourth-order valence-electron chi connectivity index (χ4n) is 3.84. The first-order valence-electron chi connectivity index (χ1n) is 9.80. The van der Waals surface area contributed by atoms with E-state index in [1.54, 1.807) is 24.0 Å². The van der Waals surface area contributed by atoms with Crippen LogP contribution in [-0.2, 0) is 14.6 Å². The molecule has 0 aromatic heterocycles. The Balaban J connectivity index is 1.53. The van der Waals surface area contributed by atoms with Crippen molar-refractivity contribution in [1.82, 2.24) is 9.80 Å². The van der Waals surface area contributed by atoms with Gasteiger partial charge in [-0.15, -0.1) is 0 Å². The fraction of sp³-hybridized carbons (Fsp3) is 0.600. The zero-order chi connectivity index (χ0) is 19.4. The smallest absolute Gasteiger partial charge is 0.253 e. The summed E-state index contributed by atoms with van der Waals surface area (Å²) in [6.07, 6.45) is 4.49. The molecule has 2 heterocycles. The summed E-state index contributed by atoms with van der Waals surface area (Å²) in [6.45, 7) is 4.67. The normalized spacial score (nSPS) is 18.7. The van der Waals surface area contributed by atoms with E-state index in [0.717, 1.165) is 38.8 Å². The number of hydrogen-bond donors (Lipinski definition) is 0. The van der Waals surface area contributed by atoms with Crippen molar-refractivity contribution in [3.05, 3.63) is 29.8 Å². The van der Waals surface area contributed by atoms with E-state index in [4.69, 9.17) is 0 Å². The lowest BCUT2D eigenvalue weighted by Gasteiger charge is -2.32. The summed E-state index contributed by atoms with van der Waals surface area (Å²) in [7, 11) is -3.25. The van der Waals surface area contributed by atoms with Crippen LogP contribution >= 0.6 is 0 Å². The van der Waals surface area contributed by atoms with Crippen LogP contribution in [0.15, 0.2) is 29.2 Å². The van der Waals surface area contributed by atoms with Crippen molar-refractivity contribution in [2.24, 2.45) is 5.92 Å². The standard InChI is InChI=1S/C20H28N2O4S/c1-2-27(25,26)18-7-5-17(6-8-18)20(24)22-13-9-16(10-14-22)15-19(23)21-11-3-4-12-21/h5-8,16H,2-4,9-15H2,1H3. The van der Waals surface area contributed by atoms with Crippen molar-refractivity contribution in [3.8, 4) is 0 Å². The average molecular weight is 393 g/mol. The second kappa shape index (κ2) is 8.42. The van der Waals surface area contributed by atoms with E-state index in [0.29, 0.717) is 31.0 Å². The molecule has 0 N–H and O–H groups in total. The number of carbonyl (C=O) groups excluding carboxylic acids is 2. The molecular weight excluding hydrogens is 364 g/mol. The molecule has 27 heavy (non-hydrogen) atoms. The van der Waals surface area contributed by atoms with E-state index in [1.165, 1.54) is 12.1 Å². The fourth-order valence-corrected chi connectivity index (χ4v) is 4.72. The monoisotopic (exact) mass is 392 g/mol. The highest BCUT2D eigenvalue weighted by atomic mass is 32.2. The first-order valence-corrected chi connectivity index (χ1v) is 11.5. The van der Waals surface area contributed by atoms with Crippen LogP contribution in [-0.4, -0.2) is 62.0 Å². The molecule has 3 rings (SSSR count). The summed E-state index contributed by atoms with van der Waals surface area (Å²) in [5, 5.41) is 0. The van der Waals surface area contributed by atoms with Gasteiger partial charge in [-0.05, 0) is 55.9 Å². The number of piperidine rings is 1. The van der Waals surface area contributed by atoms with Gasteiger partial charge in [0.25, 0.3) is 5.91 Å². The number of nitrogens with zero attached hydrogens (tertiary/aromatic N) is 2. The molecule has 0 aliphatic carbocycles. The first kappa shape index (κ1) is 19.9. The molecule has 6 nitrogen and oxygen atoms in total. The summed E-state index contributed by atoms with van der Waals surface area (Å²) in [4.78, 5) is 29.0. The van der Waals surface area contributed by atoms with Crippen LogP contribution < -0.4 is 0 Å². The number of amides is 2. The van der Waals surface area contributed by atoms with Gasteiger partial charge in [-0.2, -0.15) is 0 Å². The predicted octanol–water partition coefficient (Wildman–Crippen LogP) is 2.34. The number of benzene rings is 1. The molecule has 2 saturated heterocycles. The third-order valence-corrected chi connectivity index (χ3v) is 7.41. The van der Waals surface area contributed by atoms with Gasteiger partial charge in [0.2, 0.25) is 5.91 Å². The Bertz CT molecular complexity index is 775. The van der Waals surface area contributed by atoms with Gasteiger partial charge in [0.15, 0.2) is 9.84 Å². The van der Waals surface area contributed by atoms with Crippen molar-refractivity contribution in [1.29, 1.82) is 0 Å². The minimum Gasteiger partial charge on any atom is -0.343 e. The summed E-state index contributed by atoms with van der Waals surface area (Å²) in [6, 6.07) is 6.20. The van der Waals surface area contributed by atoms with Crippen LogP contribution in [0.1, 0.15) is 49.4 Å². The van der Waals surface area contributed by atoms with E-state index in [1.807, 2.05) is 4.90 Å². The molecule has 0 atom stereocenters. The summed E-state index contributed by atoms with van der Waals surface area (Å²) < 4.78 is 23.8. The Morgan fingerprint density at radius 1 is 0.963 bits per heavy atom. The molecule has 1 aromatic rings. The number of likely N-dealkylation sites (tertiary alicyclic amines) is 2. The third kappa shape index (κ3) is 4.69. The maximum absolute atomic E-state index is 12.7. The molecule has 0 spiro atoms. The average Bonchev–Trinajstić information content (AvgIpc) is 3.23. The molecule has 148 valence electrons. The number of rotatable bonds is 5. The summed E-state index contributed by atoms with van der Waals surface area (Å²) in [5.41, 5.74) is 0.511. The maximum atomic E-state index is 12.7. The largest absolute Gasteiger partial charge is 0.343 e. The lowest BCUT2D eigenvalue weighted by Crippen LogP contribution is -2.40. The molecule has 0 radical (unpaired) electrons. The molecule has 2 amide bonds. The number of hydrogen-bond acceptors (Lipinski definition) is 4. The summed E-state index contributed by atoms with van der Waals surface area (Å²) in [5.74, 6) is 0.577. The minimum atomic E-state index is -3.25. The molecule has 1 aromatic carbocycles. The molecule has 0 bridgehead atoms. The molecule has 2 aliphatic heterocycles. The SMILES string of the molecule is CCS(=O)(=O)c1ccc(C(=O)N2CCC(CC(=O)N3CCCC3)CC2)cc1. The Hall–Kier alpha value is -1.89. The first-order chi connectivity index (χ1) is 12.9. The van der Waals surface area contributed by atoms with Crippen molar-refractivity contribution in [3.63, 3.8) is 0 Å². The molecular formula is C20H28N2O4S. The third-order valence-electron chi connectivity index (χ3n) is 5.66. The van der Waals surface area contributed by atoms with Gasteiger partial charge in [-0.25, -0.2) is 8.42 Å². The van der Waals surface area contributed by atoms with Gasteiger partial charge in [-0.1, -0.05) is 6.92 Å². The van der Waals surface area contributed by atoms with Gasteiger partial charge < -0.3 is 9.80 Å². The van der Waals surface area contributed by atoms with Gasteiger partial charge >= 0.3 is 0 Å². The Morgan fingerprint density at radius 3 is 2.11 bits per heavy atom. The highest BCUT2D eigenvalue weighted by Gasteiger charge is 2.27. The van der Waals surface area contributed by atoms with Crippen LogP contribution in [0, 0.1) is 5.92 Å². The highest BCUT2D eigenvalue weighted by Crippen LogP contribution is 2.24. The zero-order valence-electron chi connectivity index (χ0n) is 15.9. The van der Waals surface area contributed by atoms with Crippen LogP contribution in [0.5, 0.6) is 0 Å². The second-order valence-electron chi connectivity index (χ2n) is 7.46. The quantitative estimate of drug-likeness (QED) is 0.771. The van der Waals surface area contributed by atoms with Gasteiger partial charge in [0.05, 0.1) is 10.6 Å². The van der Waals surface area contributed by atoms with E-state index >= 15 is 0 Å². The molecule has 7 heteroatoms. The lowest BCUT2D eigenvalue weighted by atomic mass is 9.92. The van der Waals surface area contributed by atoms with Crippen molar-refractivity contribution in [2.45, 2.75) is 43.9 Å². The van der Waals surface area contributed by atoms with Gasteiger partial charge in [-0.3, -0.25) is 9.59 Å². The van der Waals surface area contributed by atoms with Gasteiger partial charge in [0, 0.05) is 38.2 Å². The van der Waals surface area contributed by atoms with Crippen molar-refractivity contribution >= 4 is 21.7 Å². The summed E-state index contributed by atoms with van der Waals surface area (Å²) >= 11 is 0. The Kier molecular flexibility index (Phi) is 6.19. The zero-order valence-corrected chi connectivity index (χ0v) is 16.7. The molecule has 2 aliphatic rings. The molecule has 0 saturated carbocycles. The Labute approximate surface area is 161 Å². The lowest BCUT2D eigenvalue weighted by molar-refractivity contribution is -0.131. The van der Waals surface area contributed by atoms with E-state index < -0.39 is 9.84 Å². The molecule has 2 fully saturated rings. The second-order valence-corrected chi connectivity index (χ2v) is 9.73. The van der Waals surface area contributed by atoms with E-state index in [-0.39, 0.29) is 22.5 Å². The number of carbonyl (C=O) groups is 2. The van der Waals surface area contributed by atoms with Crippen LogP contribution in [0.25, 0.3) is 0 Å². The van der Waals surface area contributed by atoms with E-state index in [9.17, 15) is 18.0 Å².